The standard InChI is InChI=1S/C16H17Br2N/c1-3-11-6-4-5-7-12(11)16(19)13-9-14(17)10(2)8-15(13)18/h4-9,16H,3,19H2,1-2H3. The molecule has 2 aromatic rings. The highest BCUT2D eigenvalue weighted by Crippen LogP contribution is 2.32. The van der Waals surface area contributed by atoms with E-state index in [0.717, 1.165) is 20.9 Å². The fraction of sp³-hybridized carbons (Fsp3) is 0.250. The summed E-state index contributed by atoms with van der Waals surface area (Å²) in [5.41, 5.74) is 11.3. The summed E-state index contributed by atoms with van der Waals surface area (Å²) in [4.78, 5) is 0. The normalized spacial score (nSPS) is 12.5. The molecule has 0 bridgehead atoms. The van der Waals surface area contributed by atoms with Crippen LogP contribution < -0.4 is 5.73 Å². The zero-order valence-electron chi connectivity index (χ0n) is 11.1. The molecule has 0 fully saturated rings. The lowest BCUT2D eigenvalue weighted by Gasteiger charge is -2.18. The number of benzene rings is 2. The molecule has 19 heavy (non-hydrogen) atoms. The summed E-state index contributed by atoms with van der Waals surface area (Å²) < 4.78 is 2.15. The van der Waals surface area contributed by atoms with E-state index in [1.165, 1.54) is 16.7 Å². The predicted molar refractivity (Wildman–Crippen MR) is 88.4 cm³/mol. The third-order valence-corrected chi connectivity index (χ3v) is 4.93. The summed E-state index contributed by atoms with van der Waals surface area (Å²) >= 11 is 7.21. The fourth-order valence-corrected chi connectivity index (χ4v) is 3.29. The van der Waals surface area contributed by atoms with Crippen LogP contribution in [0.1, 0.15) is 35.2 Å². The van der Waals surface area contributed by atoms with Crippen molar-refractivity contribution in [3.05, 3.63) is 67.6 Å². The number of halogens is 2. The lowest BCUT2D eigenvalue weighted by atomic mass is 9.93. The second-order valence-electron chi connectivity index (χ2n) is 4.65. The lowest BCUT2D eigenvalue weighted by Crippen LogP contribution is -2.14. The van der Waals surface area contributed by atoms with Gasteiger partial charge in [-0.2, -0.15) is 0 Å². The monoisotopic (exact) mass is 381 g/mol. The zero-order chi connectivity index (χ0) is 14.0. The van der Waals surface area contributed by atoms with E-state index in [4.69, 9.17) is 5.73 Å². The van der Waals surface area contributed by atoms with Gasteiger partial charge in [0.25, 0.3) is 0 Å². The molecule has 2 rings (SSSR count). The molecular formula is C16H17Br2N. The second-order valence-corrected chi connectivity index (χ2v) is 6.36. The maximum Gasteiger partial charge on any atom is 0.0565 e. The Kier molecular flexibility index (Phi) is 4.82. The predicted octanol–water partition coefficient (Wildman–Crippen LogP) is 5.13. The average molecular weight is 383 g/mol. The van der Waals surface area contributed by atoms with Gasteiger partial charge in [-0.1, -0.05) is 63.0 Å². The topological polar surface area (TPSA) is 26.0 Å². The van der Waals surface area contributed by atoms with Crippen LogP contribution in [0.2, 0.25) is 0 Å². The molecule has 100 valence electrons. The first kappa shape index (κ1) is 14.8. The first-order valence-corrected chi connectivity index (χ1v) is 7.92. The SMILES string of the molecule is CCc1ccccc1C(N)c1cc(Br)c(C)cc1Br. The minimum absolute atomic E-state index is 0.109. The van der Waals surface area contributed by atoms with Gasteiger partial charge in [-0.3, -0.25) is 0 Å². The van der Waals surface area contributed by atoms with Crippen molar-refractivity contribution >= 4 is 31.9 Å². The molecule has 0 amide bonds. The van der Waals surface area contributed by atoms with E-state index in [1.54, 1.807) is 0 Å². The number of nitrogens with two attached hydrogens (primary N) is 1. The van der Waals surface area contributed by atoms with Crippen molar-refractivity contribution in [3.63, 3.8) is 0 Å². The van der Waals surface area contributed by atoms with E-state index < -0.39 is 0 Å². The van der Waals surface area contributed by atoms with Gasteiger partial charge in [0.2, 0.25) is 0 Å². The highest BCUT2D eigenvalue weighted by molar-refractivity contribution is 9.11. The molecule has 0 saturated carbocycles. The van der Waals surface area contributed by atoms with Crippen LogP contribution in [0.3, 0.4) is 0 Å². The molecule has 2 N–H and O–H groups in total. The van der Waals surface area contributed by atoms with Gasteiger partial charge in [0.15, 0.2) is 0 Å². The summed E-state index contributed by atoms with van der Waals surface area (Å²) in [6.45, 7) is 4.23. The Morgan fingerprint density at radius 1 is 1.05 bits per heavy atom. The summed E-state index contributed by atoms with van der Waals surface area (Å²) in [5.74, 6) is 0. The number of aryl methyl sites for hydroxylation is 2. The molecule has 0 aromatic heterocycles. The smallest absolute Gasteiger partial charge is 0.0565 e. The van der Waals surface area contributed by atoms with Crippen molar-refractivity contribution in [2.24, 2.45) is 5.73 Å². The molecule has 0 radical (unpaired) electrons. The van der Waals surface area contributed by atoms with E-state index in [9.17, 15) is 0 Å². The van der Waals surface area contributed by atoms with Crippen LogP contribution in [0.15, 0.2) is 45.3 Å². The van der Waals surface area contributed by atoms with Gasteiger partial charge >= 0.3 is 0 Å². The van der Waals surface area contributed by atoms with Crippen LogP contribution in [-0.4, -0.2) is 0 Å². The Balaban J connectivity index is 2.50. The van der Waals surface area contributed by atoms with E-state index >= 15 is 0 Å². The molecule has 2 aromatic carbocycles. The molecule has 0 aliphatic rings. The van der Waals surface area contributed by atoms with Crippen molar-refractivity contribution in [3.8, 4) is 0 Å². The first-order chi connectivity index (χ1) is 9.04. The summed E-state index contributed by atoms with van der Waals surface area (Å²) in [6.07, 6.45) is 0.995. The molecule has 1 nitrogen and oxygen atoms in total. The molecule has 1 atom stereocenters. The van der Waals surface area contributed by atoms with Crippen LogP contribution in [0, 0.1) is 6.92 Å². The van der Waals surface area contributed by atoms with Gasteiger partial charge in [0.1, 0.15) is 0 Å². The summed E-state index contributed by atoms with van der Waals surface area (Å²) in [5, 5.41) is 0. The van der Waals surface area contributed by atoms with Gasteiger partial charge < -0.3 is 5.73 Å². The van der Waals surface area contributed by atoms with Gasteiger partial charge in [-0.25, -0.2) is 0 Å². The highest BCUT2D eigenvalue weighted by atomic mass is 79.9. The molecule has 0 aliphatic carbocycles. The third-order valence-electron chi connectivity index (χ3n) is 3.38. The van der Waals surface area contributed by atoms with Gasteiger partial charge in [0.05, 0.1) is 6.04 Å². The van der Waals surface area contributed by atoms with E-state index in [2.05, 4.69) is 76.0 Å². The number of rotatable bonds is 3. The van der Waals surface area contributed by atoms with Crippen LogP contribution in [0.25, 0.3) is 0 Å². The number of hydrogen-bond acceptors (Lipinski definition) is 1. The molecular weight excluding hydrogens is 366 g/mol. The minimum atomic E-state index is -0.109. The molecule has 0 aliphatic heterocycles. The maximum atomic E-state index is 6.46. The molecule has 1 unspecified atom stereocenters. The van der Waals surface area contributed by atoms with Crippen molar-refractivity contribution in [2.45, 2.75) is 26.3 Å². The van der Waals surface area contributed by atoms with Crippen molar-refractivity contribution < 1.29 is 0 Å². The van der Waals surface area contributed by atoms with E-state index in [1.807, 2.05) is 6.07 Å². The molecule has 0 heterocycles. The Bertz CT molecular complexity index is 593. The summed E-state index contributed by atoms with van der Waals surface area (Å²) in [6, 6.07) is 12.5. The van der Waals surface area contributed by atoms with Gasteiger partial charge in [-0.05, 0) is 47.7 Å². The van der Waals surface area contributed by atoms with E-state index in [0.29, 0.717) is 0 Å². The Labute approximate surface area is 131 Å². The van der Waals surface area contributed by atoms with Crippen LogP contribution in [0.5, 0.6) is 0 Å². The molecule has 3 heteroatoms. The Morgan fingerprint density at radius 2 is 1.74 bits per heavy atom. The Morgan fingerprint density at radius 3 is 2.42 bits per heavy atom. The highest BCUT2D eigenvalue weighted by Gasteiger charge is 2.16. The largest absolute Gasteiger partial charge is 0.320 e. The third kappa shape index (κ3) is 3.10. The first-order valence-electron chi connectivity index (χ1n) is 6.33. The lowest BCUT2D eigenvalue weighted by molar-refractivity contribution is 0.843. The second kappa shape index (κ2) is 6.21. The molecule has 0 saturated heterocycles. The Hall–Kier alpha value is -0.640. The minimum Gasteiger partial charge on any atom is -0.320 e. The maximum absolute atomic E-state index is 6.46. The molecule has 0 spiro atoms. The van der Waals surface area contributed by atoms with E-state index in [-0.39, 0.29) is 6.04 Å². The van der Waals surface area contributed by atoms with Crippen molar-refractivity contribution in [1.29, 1.82) is 0 Å². The van der Waals surface area contributed by atoms with Crippen molar-refractivity contribution in [2.75, 3.05) is 0 Å². The number of hydrogen-bond donors (Lipinski definition) is 1. The van der Waals surface area contributed by atoms with Crippen LogP contribution in [-0.2, 0) is 6.42 Å². The summed E-state index contributed by atoms with van der Waals surface area (Å²) in [7, 11) is 0. The van der Waals surface area contributed by atoms with Crippen LogP contribution in [0.4, 0.5) is 0 Å². The fourth-order valence-electron chi connectivity index (χ4n) is 2.23. The van der Waals surface area contributed by atoms with Gasteiger partial charge in [-0.15, -0.1) is 0 Å². The average Bonchev–Trinajstić information content (AvgIpc) is 2.42. The van der Waals surface area contributed by atoms with Gasteiger partial charge in [0, 0.05) is 8.95 Å². The zero-order valence-corrected chi connectivity index (χ0v) is 14.3. The van der Waals surface area contributed by atoms with Crippen molar-refractivity contribution in [1.82, 2.24) is 0 Å². The quantitative estimate of drug-likeness (QED) is 0.782. The van der Waals surface area contributed by atoms with Crippen LogP contribution >= 0.6 is 31.9 Å².